The first-order valence-electron chi connectivity index (χ1n) is 5.94. The molecule has 1 heterocycles. The predicted octanol–water partition coefficient (Wildman–Crippen LogP) is 1.65. The predicted molar refractivity (Wildman–Crippen MR) is 79.8 cm³/mol. The molecule has 2 rings (SSSR count). The van der Waals surface area contributed by atoms with Crippen molar-refractivity contribution in [2.75, 3.05) is 14.2 Å². The third-order valence-corrected chi connectivity index (χ3v) is 3.64. The molecule has 0 saturated carbocycles. The number of amides is 1. The maximum Gasteiger partial charge on any atom is 0.239 e. The Labute approximate surface area is 121 Å². The van der Waals surface area contributed by atoms with E-state index < -0.39 is 0 Å². The van der Waals surface area contributed by atoms with Crippen molar-refractivity contribution in [3.63, 3.8) is 0 Å². The molecular formula is C13H15N3O3S. The maximum absolute atomic E-state index is 11.3. The Morgan fingerprint density at radius 2 is 2.15 bits per heavy atom. The number of hydrogen-bond acceptors (Lipinski definition) is 6. The van der Waals surface area contributed by atoms with Crippen LogP contribution in [0.3, 0.4) is 0 Å². The lowest BCUT2D eigenvalue weighted by atomic mass is 10.2. The van der Waals surface area contributed by atoms with Crippen LogP contribution >= 0.6 is 11.8 Å². The second-order valence-electron chi connectivity index (χ2n) is 4.01. The monoisotopic (exact) mass is 293 g/mol. The molecule has 1 unspecified atom stereocenters. The SMILES string of the molecule is COc1ccc(OC)c(C=NN=C2NC(=O)C(C)S2)c1. The molecule has 1 aromatic rings. The second kappa shape index (κ2) is 6.42. The van der Waals surface area contributed by atoms with Crippen molar-refractivity contribution in [2.24, 2.45) is 10.2 Å². The van der Waals surface area contributed by atoms with Crippen LogP contribution < -0.4 is 14.8 Å². The molecule has 0 aromatic heterocycles. The van der Waals surface area contributed by atoms with E-state index in [0.29, 0.717) is 16.7 Å². The van der Waals surface area contributed by atoms with Gasteiger partial charge in [0.05, 0.1) is 25.7 Å². The van der Waals surface area contributed by atoms with Crippen molar-refractivity contribution in [3.05, 3.63) is 23.8 Å². The van der Waals surface area contributed by atoms with Crippen molar-refractivity contribution in [1.29, 1.82) is 0 Å². The van der Waals surface area contributed by atoms with Crippen LogP contribution in [0.25, 0.3) is 0 Å². The summed E-state index contributed by atoms with van der Waals surface area (Å²) in [5.74, 6) is 1.33. The largest absolute Gasteiger partial charge is 0.497 e. The summed E-state index contributed by atoms with van der Waals surface area (Å²) in [6.45, 7) is 1.82. The zero-order valence-corrected chi connectivity index (χ0v) is 12.2. The summed E-state index contributed by atoms with van der Waals surface area (Å²) in [6, 6.07) is 5.39. The summed E-state index contributed by atoms with van der Waals surface area (Å²) < 4.78 is 10.4. The third-order valence-electron chi connectivity index (χ3n) is 2.67. The highest BCUT2D eigenvalue weighted by atomic mass is 32.2. The third kappa shape index (κ3) is 3.30. The van der Waals surface area contributed by atoms with E-state index in [1.807, 2.05) is 6.92 Å². The van der Waals surface area contributed by atoms with Gasteiger partial charge in [-0.3, -0.25) is 4.79 Å². The molecule has 1 aliphatic heterocycles. The average molecular weight is 293 g/mol. The molecule has 1 atom stereocenters. The van der Waals surface area contributed by atoms with Crippen LogP contribution in [-0.4, -0.2) is 36.8 Å². The zero-order chi connectivity index (χ0) is 14.5. The molecule has 1 fully saturated rings. The fraction of sp³-hybridized carbons (Fsp3) is 0.308. The smallest absolute Gasteiger partial charge is 0.239 e. The van der Waals surface area contributed by atoms with Gasteiger partial charge < -0.3 is 14.8 Å². The molecule has 7 heteroatoms. The van der Waals surface area contributed by atoms with Crippen molar-refractivity contribution in [3.8, 4) is 11.5 Å². The number of rotatable bonds is 4. The van der Waals surface area contributed by atoms with Crippen molar-refractivity contribution < 1.29 is 14.3 Å². The number of nitrogens with zero attached hydrogens (tertiary/aromatic N) is 2. The Balaban J connectivity index is 2.15. The van der Waals surface area contributed by atoms with Crippen LogP contribution in [0, 0.1) is 0 Å². The molecular weight excluding hydrogens is 278 g/mol. The quantitative estimate of drug-likeness (QED) is 0.676. The van der Waals surface area contributed by atoms with Gasteiger partial charge in [0, 0.05) is 5.56 Å². The van der Waals surface area contributed by atoms with E-state index in [2.05, 4.69) is 15.5 Å². The Hall–Kier alpha value is -2.02. The van der Waals surface area contributed by atoms with E-state index in [4.69, 9.17) is 9.47 Å². The summed E-state index contributed by atoms with van der Waals surface area (Å²) in [6.07, 6.45) is 1.56. The minimum Gasteiger partial charge on any atom is -0.497 e. The summed E-state index contributed by atoms with van der Waals surface area (Å²) in [5.41, 5.74) is 0.749. The Kier molecular flexibility index (Phi) is 4.62. The Morgan fingerprint density at radius 1 is 1.35 bits per heavy atom. The van der Waals surface area contributed by atoms with E-state index in [9.17, 15) is 4.79 Å². The molecule has 20 heavy (non-hydrogen) atoms. The summed E-state index contributed by atoms with van der Waals surface area (Å²) in [5, 5.41) is 11.0. The van der Waals surface area contributed by atoms with Gasteiger partial charge in [-0.1, -0.05) is 11.8 Å². The Bertz CT molecular complexity index is 572. The van der Waals surface area contributed by atoms with Crippen LogP contribution in [0.1, 0.15) is 12.5 Å². The molecule has 0 radical (unpaired) electrons. The first-order valence-corrected chi connectivity index (χ1v) is 6.82. The summed E-state index contributed by atoms with van der Waals surface area (Å²) in [7, 11) is 3.18. The lowest BCUT2D eigenvalue weighted by Crippen LogP contribution is -2.23. The first-order chi connectivity index (χ1) is 9.63. The second-order valence-corrected chi connectivity index (χ2v) is 5.34. The van der Waals surface area contributed by atoms with Crippen LogP contribution in [0.2, 0.25) is 0 Å². The van der Waals surface area contributed by atoms with Crippen LogP contribution in [0.15, 0.2) is 28.4 Å². The maximum atomic E-state index is 11.3. The highest BCUT2D eigenvalue weighted by Gasteiger charge is 2.25. The average Bonchev–Trinajstić information content (AvgIpc) is 2.77. The van der Waals surface area contributed by atoms with Gasteiger partial charge in [0.15, 0.2) is 5.17 Å². The van der Waals surface area contributed by atoms with E-state index >= 15 is 0 Å². The molecule has 0 bridgehead atoms. The number of ether oxygens (including phenoxy) is 2. The fourth-order valence-electron chi connectivity index (χ4n) is 1.59. The van der Waals surface area contributed by atoms with E-state index in [-0.39, 0.29) is 11.2 Å². The molecule has 6 nitrogen and oxygen atoms in total. The van der Waals surface area contributed by atoms with Gasteiger partial charge in [0.2, 0.25) is 5.91 Å². The minimum atomic E-state index is -0.129. The summed E-state index contributed by atoms with van der Waals surface area (Å²) in [4.78, 5) is 11.3. The van der Waals surface area contributed by atoms with Gasteiger partial charge in [-0.2, -0.15) is 5.10 Å². The van der Waals surface area contributed by atoms with E-state index in [0.717, 1.165) is 5.56 Å². The number of carbonyl (C=O) groups is 1. The van der Waals surface area contributed by atoms with E-state index in [1.165, 1.54) is 11.8 Å². The normalized spacial score (nSPS) is 20.4. The molecule has 1 amide bonds. The minimum absolute atomic E-state index is 0.0529. The molecule has 0 spiro atoms. The topological polar surface area (TPSA) is 72.3 Å². The number of benzene rings is 1. The Morgan fingerprint density at radius 3 is 2.75 bits per heavy atom. The van der Waals surface area contributed by atoms with Gasteiger partial charge in [-0.15, -0.1) is 5.10 Å². The molecule has 1 aromatic carbocycles. The number of carbonyl (C=O) groups excluding carboxylic acids is 1. The van der Waals surface area contributed by atoms with Crippen LogP contribution in [0.4, 0.5) is 0 Å². The van der Waals surface area contributed by atoms with E-state index in [1.54, 1.807) is 38.6 Å². The van der Waals surface area contributed by atoms with Gasteiger partial charge in [0.25, 0.3) is 0 Å². The lowest BCUT2D eigenvalue weighted by molar-refractivity contribution is -0.118. The molecule has 1 N–H and O–H groups in total. The fourth-order valence-corrected chi connectivity index (χ4v) is 2.34. The van der Waals surface area contributed by atoms with Gasteiger partial charge in [0.1, 0.15) is 11.5 Å². The molecule has 106 valence electrons. The number of thioether (sulfide) groups is 1. The van der Waals surface area contributed by atoms with Gasteiger partial charge in [-0.05, 0) is 25.1 Å². The van der Waals surface area contributed by atoms with Gasteiger partial charge >= 0.3 is 0 Å². The highest BCUT2D eigenvalue weighted by molar-refractivity contribution is 8.15. The van der Waals surface area contributed by atoms with Crippen molar-refractivity contribution in [2.45, 2.75) is 12.2 Å². The van der Waals surface area contributed by atoms with Gasteiger partial charge in [-0.25, -0.2) is 0 Å². The lowest BCUT2D eigenvalue weighted by Gasteiger charge is -2.06. The number of nitrogens with one attached hydrogen (secondary N) is 1. The van der Waals surface area contributed by atoms with Crippen LogP contribution in [0.5, 0.6) is 11.5 Å². The first kappa shape index (κ1) is 14.4. The van der Waals surface area contributed by atoms with Crippen molar-refractivity contribution in [1.82, 2.24) is 5.32 Å². The number of methoxy groups -OCH3 is 2. The standard InChI is InChI=1S/C13H15N3O3S/c1-8-12(17)15-13(20-8)16-14-7-9-6-10(18-2)4-5-11(9)19-3/h4-8H,1-3H3,(H,15,16,17). The molecule has 1 saturated heterocycles. The molecule has 1 aliphatic rings. The number of amidine groups is 1. The molecule has 0 aliphatic carbocycles. The zero-order valence-electron chi connectivity index (χ0n) is 11.4. The number of hydrogen-bond donors (Lipinski definition) is 1. The summed E-state index contributed by atoms with van der Waals surface area (Å²) >= 11 is 1.35. The van der Waals surface area contributed by atoms with Crippen molar-refractivity contribution >= 4 is 29.1 Å². The van der Waals surface area contributed by atoms with Crippen LogP contribution in [-0.2, 0) is 4.79 Å². The highest BCUT2D eigenvalue weighted by Crippen LogP contribution is 2.22.